The lowest BCUT2D eigenvalue weighted by Crippen LogP contribution is -2.44. The van der Waals surface area contributed by atoms with E-state index in [0.29, 0.717) is 19.3 Å². The summed E-state index contributed by atoms with van der Waals surface area (Å²) < 4.78 is 33.9. The maximum atomic E-state index is 13.2. The highest BCUT2D eigenvalue weighted by Gasteiger charge is 2.29. The maximum absolute atomic E-state index is 13.2. The molecule has 0 bridgehead atoms. The Morgan fingerprint density at radius 2 is 0.580 bits per heavy atom. The van der Waals surface area contributed by atoms with Gasteiger partial charge in [-0.1, -0.05) is 96.3 Å². The number of nitrogens with zero attached hydrogens (tertiary/aromatic N) is 3. The minimum atomic E-state index is -0.656. The third-order valence-electron chi connectivity index (χ3n) is 12.0. The van der Waals surface area contributed by atoms with Gasteiger partial charge < -0.3 is 43.1 Å². The summed E-state index contributed by atoms with van der Waals surface area (Å²) in [5.74, 6) is -0.814. The third-order valence-corrected chi connectivity index (χ3v) is 12.0. The van der Waals surface area contributed by atoms with Crippen molar-refractivity contribution in [3.8, 4) is 0 Å². The van der Waals surface area contributed by atoms with Crippen LogP contribution in [0.5, 0.6) is 0 Å². The van der Waals surface area contributed by atoms with Crippen molar-refractivity contribution in [2.45, 2.75) is 272 Å². The van der Waals surface area contributed by atoms with Crippen LogP contribution in [0.4, 0.5) is 14.4 Å². The lowest BCUT2D eigenvalue weighted by molar-refractivity contribution is -0.145. The average molecular weight is 982 g/mol. The zero-order valence-electron chi connectivity index (χ0n) is 45.7. The minimum Gasteiger partial charge on any atom is -0.464 e. The Hall–Kier alpha value is -3.78. The fraction of sp³-hybridized carbons (Fsp3) is 0.889. The van der Waals surface area contributed by atoms with E-state index in [1.165, 1.54) is 0 Å². The van der Waals surface area contributed by atoms with Gasteiger partial charge in [0.1, 0.15) is 36.6 Å². The van der Waals surface area contributed by atoms with Crippen molar-refractivity contribution in [1.29, 1.82) is 0 Å². The summed E-state index contributed by atoms with van der Waals surface area (Å²) in [6.07, 6.45) is 18.8. The van der Waals surface area contributed by atoms with Crippen LogP contribution in [-0.4, -0.2) is 125 Å². The van der Waals surface area contributed by atoms with E-state index in [-0.39, 0.29) is 75.5 Å². The number of carbonyl (C=O) groups is 6. The summed E-state index contributed by atoms with van der Waals surface area (Å²) >= 11 is 0. The average Bonchev–Trinajstić information content (AvgIpc) is 3.22. The highest BCUT2D eigenvalue weighted by molar-refractivity contribution is 5.71. The molecule has 3 amide bonds. The van der Waals surface area contributed by atoms with E-state index in [4.69, 9.17) is 28.4 Å². The number of amides is 3. The van der Waals surface area contributed by atoms with E-state index >= 15 is 0 Å². The lowest BCUT2D eigenvalue weighted by Gasteiger charge is -2.31. The largest absolute Gasteiger partial charge is 0.464 e. The molecule has 3 atom stereocenters. The third kappa shape index (κ3) is 33.4. The number of hydrogen-bond donors (Lipinski definition) is 0. The Labute approximate surface area is 418 Å². The van der Waals surface area contributed by atoms with Crippen LogP contribution in [0, 0.1) is 0 Å². The molecule has 402 valence electrons. The molecule has 0 aliphatic carbocycles. The van der Waals surface area contributed by atoms with Crippen LogP contribution in [0.2, 0.25) is 0 Å². The van der Waals surface area contributed by atoms with Crippen molar-refractivity contribution in [2.75, 3.05) is 39.5 Å². The second kappa shape index (κ2) is 34.5. The molecular weight excluding hydrogens is 883 g/mol. The van der Waals surface area contributed by atoms with Crippen LogP contribution in [0.25, 0.3) is 0 Å². The fourth-order valence-electron chi connectivity index (χ4n) is 8.14. The van der Waals surface area contributed by atoms with Gasteiger partial charge in [-0.2, -0.15) is 0 Å². The SMILES string of the molecule is C[C@H]1CCCCCCCCC(=O)OCCN(C(=O)OC(C)(C)C)[C@@H](C)CCCCCCCCC(=O)OCCN(C(=O)OC(C)(C)C)[C@@H](C)CCCCCCCCC(=O)OCCN1C(=O)OC(C)(C)C. The molecule has 0 N–H and O–H groups in total. The van der Waals surface area contributed by atoms with Crippen molar-refractivity contribution < 1.29 is 57.2 Å². The van der Waals surface area contributed by atoms with Crippen LogP contribution in [-0.2, 0) is 42.8 Å². The second-order valence-electron chi connectivity index (χ2n) is 22.2. The van der Waals surface area contributed by atoms with Gasteiger partial charge in [0.2, 0.25) is 0 Å². The molecule has 0 aromatic heterocycles. The highest BCUT2D eigenvalue weighted by atomic mass is 16.6. The van der Waals surface area contributed by atoms with Gasteiger partial charge in [-0.25, -0.2) is 14.4 Å². The molecular formula is C54H99N3O12. The first-order chi connectivity index (χ1) is 32.4. The predicted molar refractivity (Wildman–Crippen MR) is 271 cm³/mol. The van der Waals surface area contributed by atoms with E-state index in [9.17, 15) is 28.8 Å². The molecule has 0 radical (unpaired) electrons. The zero-order valence-corrected chi connectivity index (χ0v) is 45.7. The van der Waals surface area contributed by atoms with Gasteiger partial charge in [-0.3, -0.25) is 14.4 Å². The standard InChI is InChI=1S/C54H99N3O12/c1-43-31-25-19-13-16-22-28-35-47(59)65-41-38-56(50(62)68-53(7,8)9)45(3)33-27-21-15-18-24-30-36-48(60)66-42-39-57(51(63)69-54(10,11)12)44(2)32-26-20-14-17-23-29-34-46(58)64-40-37-55(43)49(61)67-52(4,5)6/h43-45H,13-42H2,1-12H3/t43-,44-,45-/m0/s1. The van der Waals surface area contributed by atoms with Gasteiger partial charge in [0.05, 0.1) is 19.6 Å². The summed E-state index contributed by atoms with van der Waals surface area (Å²) in [5.41, 5.74) is -1.97. The smallest absolute Gasteiger partial charge is 0.410 e. The second-order valence-corrected chi connectivity index (χ2v) is 22.2. The summed E-state index contributed by atoms with van der Waals surface area (Å²) in [5, 5.41) is 0. The van der Waals surface area contributed by atoms with Gasteiger partial charge in [-0.15, -0.1) is 0 Å². The summed E-state index contributed by atoms with van der Waals surface area (Å²) in [6, 6.07) is -0.292. The van der Waals surface area contributed by atoms with Gasteiger partial charge in [0, 0.05) is 37.4 Å². The van der Waals surface area contributed by atoms with E-state index in [0.717, 1.165) is 135 Å². The molecule has 1 aliphatic rings. The molecule has 0 spiro atoms. The van der Waals surface area contributed by atoms with Gasteiger partial charge in [0.25, 0.3) is 0 Å². The molecule has 69 heavy (non-hydrogen) atoms. The van der Waals surface area contributed by atoms with Gasteiger partial charge in [0.15, 0.2) is 0 Å². The minimum absolute atomic E-state index is 0.0974. The predicted octanol–water partition coefficient (Wildman–Crippen LogP) is 12.9. The molecule has 1 saturated heterocycles. The fourth-order valence-corrected chi connectivity index (χ4v) is 8.14. The molecule has 1 heterocycles. The van der Waals surface area contributed by atoms with Crippen molar-refractivity contribution >= 4 is 36.2 Å². The highest BCUT2D eigenvalue weighted by Crippen LogP contribution is 2.21. The van der Waals surface area contributed by atoms with Crippen molar-refractivity contribution in [2.24, 2.45) is 0 Å². The Morgan fingerprint density at radius 1 is 0.377 bits per heavy atom. The number of esters is 3. The van der Waals surface area contributed by atoms with Crippen LogP contribution < -0.4 is 0 Å². The number of cyclic esters (lactones) is 3. The molecule has 1 aliphatic heterocycles. The Kier molecular flexibility index (Phi) is 31.6. The topological polar surface area (TPSA) is 168 Å². The van der Waals surface area contributed by atoms with Crippen molar-refractivity contribution in [3.63, 3.8) is 0 Å². The number of ether oxygens (including phenoxy) is 6. The first-order valence-electron chi connectivity index (χ1n) is 26.8. The van der Waals surface area contributed by atoms with Gasteiger partial charge in [-0.05, 0) is 122 Å². The van der Waals surface area contributed by atoms with Crippen LogP contribution in [0.1, 0.15) is 237 Å². The Balaban J connectivity index is 2.91. The number of rotatable bonds is 0. The molecule has 1 fully saturated rings. The normalized spacial score (nSPS) is 22.9. The van der Waals surface area contributed by atoms with E-state index in [2.05, 4.69) is 0 Å². The Morgan fingerprint density at radius 3 is 0.797 bits per heavy atom. The van der Waals surface area contributed by atoms with Crippen molar-refractivity contribution in [3.05, 3.63) is 0 Å². The molecule has 15 heteroatoms. The first kappa shape index (κ1) is 63.2. The molecule has 0 unspecified atom stereocenters. The summed E-state index contributed by atoms with van der Waals surface area (Å²) in [4.78, 5) is 82.6. The Bertz CT molecular complexity index is 1300. The van der Waals surface area contributed by atoms with E-state index in [1.54, 1.807) is 14.7 Å². The van der Waals surface area contributed by atoms with Crippen LogP contribution in [0.3, 0.4) is 0 Å². The molecule has 1 rings (SSSR count). The molecule has 0 saturated carbocycles. The first-order valence-corrected chi connectivity index (χ1v) is 26.8. The van der Waals surface area contributed by atoms with E-state index in [1.807, 2.05) is 83.1 Å². The molecule has 15 nitrogen and oxygen atoms in total. The van der Waals surface area contributed by atoms with Crippen LogP contribution in [0.15, 0.2) is 0 Å². The molecule has 0 aromatic carbocycles. The summed E-state index contributed by atoms with van der Waals surface area (Å²) in [6.45, 7) is 23.6. The van der Waals surface area contributed by atoms with Crippen molar-refractivity contribution in [1.82, 2.24) is 14.7 Å². The lowest BCUT2D eigenvalue weighted by atomic mass is 10.0. The van der Waals surface area contributed by atoms with Gasteiger partial charge >= 0.3 is 36.2 Å². The monoisotopic (exact) mass is 982 g/mol. The maximum Gasteiger partial charge on any atom is 0.410 e. The summed E-state index contributed by atoms with van der Waals surface area (Å²) in [7, 11) is 0. The van der Waals surface area contributed by atoms with E-state index < -0.39 is 35.1 Å². The van der Waals surface area contributed by atoms with Crippen LogP contribution >= 0.6 is 0 Å². The molecule has 0 aromatic rings. The quantitative estimate of drug-likeness (QED) is 0.167. The zero-order chi connectivity index (χ0) is 51.9. The number of hydrogen-bond acceptors (Lipinski definition) is 12. The number of carbonyl (C=O) groups excluding carboxylic acids is 6.